The third-order valence-corrected chi connectivity index (χ3v) is 4.60. The minimum absolute atomic E-state index is 0.0811. The first kappa shape index (κ1) is 14.8. The highest BCUT2D eigenvalue weighted by Crippen LogP contribution is 2.26. The monoisotopic (exact) mass is 315 g/mol. The van der Waals surface area contributed by atoms with Crippen LogP contribution >= 0.6 is 11.6 Å². The van der Waals surface area contributed by atoms with Gasteiger partial charge in [-0.2, -0.15) is 0 Å². The Hall–Kier alpha value is -1.64. The molecule has 0 unspecified atom stereocenters. The van der Waals surface area contributed by atoms with Crippen molar-refractivity contribution in [3.8, 4) is 0 Å². The summed E-state index contributed by atoms with van der Waals surface area (Å²) in [6, 6.07) is 4.58. The van der Waals surface area contributed by atoms with Crippen molar-refractivity contribution in [2.24, 2.45) is 0 Å². The molecule has 1 heterocycles. The summed E-state index contributed by atoms with van der Waals surface area (Å²) >= 11 is 5.89. The van der Waals surface area contributed by atoms with E-state index in [1.165, 1.54) is 12.1 Å². The molecule has 0 saturated carbocycles. The number of halogens is 1. The molecule has 0 aliphatic carbocycles. The lowest BCUT2D eigenvalue weighted by atomic mass is 10.3. The maximum absolute atomic E-state index is 12.1. The summed E-state index contributed by atoms with van der Waals surface area (Å²) in [6.45, 7) is 0.827. The van der Waals surface area contributed by atoms with Crippen molar-refractivity contribution in [2.75, 3.05) is 12.3 Å². The zero-order chi connectivity index (χ0) is 14.6. The number of nitrogens with zero attached hydrogens (tertiary/aromatic N) is 3. The van der Waals surface area contributed by atoms with Gasteiger partial charge in [0.2, 0.25) is 10.0 Å². The summed E-state index contributed by atoms with van der Waals surface area (Å²) in [4.78, 5) is -0.0811. The Balaban J connectivity index is 1.97. The first-order chi connectivity index (χ1) is 9.50. The van der Waals surface area contributed by atoms with Gasteiger partial charge in [0, 0.05) is 19.3 Å². The second-order valence-corrected chi connectivity index (χ2v) is 6.19. The predicted octanol–water partition coefficient (Wildman–Crippen LogP) is 0.882. The molecule has 0 amide bonds. The lowest BCUT2D eigenvalue weighted by Crippen LogP contribution is -2.26. The van der Waals surface area contributed by atoms with E-state index >= 15 is 0 Å². The largest absolute Gasteiger partial charge is 0.398 e. The lowest BCUT2D eigenvalue weighted by molar-refractivity contribution is 0.542. The highest BCUT2D eigenvalue weighted by molar-refractivity contribution is 7.89. The van der Waals surface area contributed by atoms with Gasteiger partial charge in [-0.05, 0) is 18.6 Å². The van der Waals surface area contributed by atoms with E-state index in [1.54, 1.807) is 23.1 Å². The molecule has 1 aromatic heterocycles. The van der Waals surface area contributed by atoms with E-state index in [1.807, 2.05) is 0 Å². The summed E-state index contributed by atoms with van der Waals surface area (Å²) < 4.78 is 28.3. The quantitative estimate of drug-likeness (QED) is 0.608. The van der Waals surface area contributed by atoms with Crippen molar-refractivity contribution in [2.45, 2.75) is 17.9 Å². The first-order valence-electron chi connectivity index (χ1n) is 5.88. The molecule has 9 heteroatoms. The number of nitrogen functional groups attached to an aromatic ring is 1. The van der Waals surface area contributed by atoms with Gasteiger partial charge in [0.05, 0.1) is 16.9 Å². The standard InChI is InChI=1S/C11H14ClN5O2S/c12-9-3-1-4-10(13)11(9)20(18,19)15-5-2-7-17-8-6-14-16-17/h1,3-4,6,8,15H,2,5,7,13H2. The van der Waals surface area contributed by atoms with Gasteiger partial charge in [0.25, 0.3) is 0 Å². The van der Waals surface area contributed by atoms with Crippen LogP contribution in [0.3, 0.4) is 0 Å². The summed E-state index contributed by atoms with van der Waals surface area (Å²) in [5.41, 5.74) is 5.79. The Kier molecular flexibility index (Phi) is 4.58. The fourth-order valence-corrected chi connectivity index (χ4v) is 3.43. The van der Waals surface area contributed by atoms with Crippen LogP contribution in [0.25, 0.3) is 0 Å². The summed E-state index contributed by atoms with van der Waals surface area (Å²) in [7, 11) is -3.71. The molecule has 3 N–H and O–H groups in total. The van der Waals surface area contributed by atoms with Gasteiger partial charge in [-0.3, -0.25) is 4.68 Å². The minimum Gasteiger partial charge on any atom is -0.398 e. The Morgan fingerprint density at radius 1 is 1.40 bits per heavy atom. The molecule has 0 aliphatic heterocycles. The zero-order valence-corrected chi connectivity index (χ0v) is 12.1. The van der Waals surface area contributed by atoms with Gasteiger partial charge in [-0.25, -0.2) is 13.1 Å². The van der Waals surface area contributed by atoms with Gasteiger partial charge in [-0.15, -0.1) is 5.10 Å². The van der Waals surface area contributed by atoms with Gasteiger partial charge >= 0.3 is 0 Å². The highest BCUT2D eigenvalue weighted by Gasteiger charge is 2.20. The van der Waals surface area contributed by atoms with Crippen LogP contribution in [0, 0.1) is 0 Å². The van der Waals surface area contributed by atoms with Crippen molar-refractivity contribution < 1.29 is 8.42 Å². The minimum atomic E-state index is -3.71. The van der Waals surface area contributed by atoms with Crippen molar-refractivity contribution >= 4 is 27.3 Å². The van der Waals surface area contributed by atoms with Gasteiger partial charge < -0.3 is 5.73 Å². The fraction of sp³-hybridized carbons (Fsp3) is 0.273. The van der Waals surface area contributed by atoms with Gasteiger partial charge in [0.1, 0.15) is 4.90 Å². The molecule has 0 atom stereocenters. The molecule has 0 saturated heterocycles. The topological polar surface area (TPSA) is 103 Å². The maximum atomic E-state index is 12.1. The summed E-state index contributed by atoms with van der Waals surface area (Å²) in [5.74, 6) is 0. The molecule has 7 nitrogen and oxygen atoms in total. The van der Waals surface area contributed by atoms with Crippen LogP contribution in [0.2, 0.25) is 5.02 Å². The Labute approximate surface area is 121 Å². The van der Waals surface area contributed by atoms with Crippen molar-refractivity contribution in [3.05, 3.63) is 35.6 Å². The number of hydrogen-bond acceptors (Lipinski definition) is 5. The van der Waals surface area contributed by atoms with Crippen LogP contribution in [0.4, 0.5) is 5.69 Å². The molecule has 0 spiro atoms. The average Bonchev–Trinajstić information content (AvgIpc) is 2.87. The number of aryl methyl sites for hydroxylation is 1. The molecule has 0 radical (unpaired) electrons. The van der Waals surface area contributed by atoms with E-state index < -0.39 is 10.0 Å². The average molecular weight is 316 g/mol. The number of nitrogens with one attached hydrogen (secondary N) is 1. The van der Waals surface area contributed by atoms with Crippen molar-refractivity contribution in [3.63, 3.8) is 0 Å². The number of aromatic nitrogens is 3. The molecule has 2 rings (SSSR count). The zero-order valence-electron chi connectivity index (χ0n) is 10.5. The van der Waals surface area contributed by atoms with E-state index in [0.717, 1.165) is 0 Å². The summed E-state index contributed by atoms with van der Waals surface area (Å²) in [5, 5.41) is 7.55. The van der Waals surface area contributed by atoms with E-state index in [9.17, 15) is 8.42 Å². The molecule has 0 aliphatic rings. The lowest BCUT2D eigenvalue weighted by Gasteiger charge is -2.10. The Morgan fingerprint density at radius 2 is 2.20 bits per heavy atom. The molecule has 20 heavy (non-hydrogen) atoms. The number of benzene rings is 1. The third-order valence-electron chi connectivity index (χ3n) is 2.59. The molecule has 1 aromatic carbocycles. The Bertz CT molecular complexity index is 652. The van der Waals surface area contributed by atoms with Crippen molar-refractivity contribution in [1.82, 2.24) is 19.7 Å². The second kappa shape index (κ2) is 6.21. The van der Waals surface area contributed by atoms with Crippen LogP contribution in [-0.4, -0.2) is 30.0 Å². The molecule has 0 bridgehead atoms. The third kappa shape index (κ3) is 3.47. The summed E-state index contributed by atoms with van der Waals surface area (Å²) in [6.07, 6.45) is 3.85. The van der Waals surface area contributed by atoms with Crippen LogP contribution < -0.4 is 10.5 Å². The second-order valence-electron chi connectivity index (χ2n) is 4.08. The van der Waals surface area contributed by atoms with Crippen LogP contribution in [-0.2, 0) is 16.6 Å². The van der Waals surface area contributed by atoms with E-state index in [-0.39, 0.29) is 22.2 Å². The van der Waals surface area contributed by atoms with E-state index in [2.05, 4.69) is 15.0 Å². The smallest absolute Gasteiger partial charge is 0.244 e. The van der Waals surface area contributed by atoms with Crippen LogP contribution in [0.15, 0.2) is 35.5 Å². The molecule has 0 fully saturated rings. The number of sulfonamides is 1. The van der Waals surface area contributed by atoms with Gasteiger partial charge in [0.15, 0.2) is 0 Å². The number of anilines is 1. The van der Waals surface area contributed by atoms with Crippen LogP contribution in [0.5, 0.6) is 0 Å². The molecular weight excluding hydrogens is 302 g/mol. The fourth-order valence-electron chi connectivity index (χ4n) is 1.68. The first-order valence-corrected chi connectivity index (χ1v) is 7.74. The molecular formula is C11H14ClN5O2S. The number of hydrogen-bond donors (Lipinski definition) is 2. The molecule has 2 aromatic rings. The van der Waals surface area contributed by atoms with E-state index in [0.29, 0.717) is 13.0 Å². The van der Waals surface area contributed by atoms with Gasteiger partial charge in [-0.1, -0.05) is 22.9 Å². The number of rotatable bonds is 6. The SMILES string of the molecule is Nc1cccc(Cl)c1S(=O)(=O)NCCCn1ccnn1. The highest BCUT2D eigenvalue weighted by atomic mass is 35.5. The maximum Gasteiger partial charge on any atom is 0.244 e. The predicted molar refractivity (Wildman–Crippen MR) is 75.7 cm³/mol. The van der Waals surface area contributed by atoms with E-state index in [4.69, 9.17) is 17.3 Å². The Morgan fingerprint density at radius 3 is 2.85 bits per heavy atom. The molecule has 108 valence electrons. The van der Waals surface area contributed by atoms with Crippen molar-refractivity contribution in [1.29, 1.82) is 0 Å². The normalized spacial score (nSPS) is 11.7. The van der Waals surface area contributed by atoms with Crippen LogP contribution in [0.1, 0.15) is 6.42 Å². The number of nitrogens with two attached hydrogens (primary N) is 1.